The number of benzene rings is 2. The van der Waals surface area contributed by atoms with Gasteiger partial charge in [-0.25, -0.2) is 0 Å². The number of rotatable bonds is 5. The van der Waals surface area contributed by atoms with Crippen molar-refractivity contribution in [2.75, 3.05) is 26.2 Å². The number of morpholine rings is 1. The number of halogens is 1. The molecule has 1 saturated heterocycles. The average Bonchev–Trinajstić information content (AvgIpc) is 3.61. The van der Waals surface area contributed by atoms with Gasteiger partial charge in [0, 0.05) is 23.2 Å². The maximum absolute atomic E-state index is 13.1. The van der Waals surface area contributed by atoms with Crippen molar-refractivity contribution in [3.8, 4) is 0 Å². The Morgan fingerprint density at radius 3 is 2.59 bits per heavy atom. The molecule has 7 nitrogen and oxygen atoms in total. The lowest BCUT2D eigenvalue weighted by Gasteiger charge is -2.33. The molecule has 8 heteroatoms. The summed E-state index contributed by atoms with van der Waals surface area (Å²) in [6, 6.07) is 14.0. The molecule has 2 heterocycles. The van der Waals surface area contributed by atoms with Crippen molar-refractivity contribution in [2.45, 2.75) is 31.0 Å². The summed E-state index contributed by atoms with van der Waals surface area (Å²) < 4.78 is 5.82. The number of carbonyl (C=O) groups excluding carboxylic acids is 3. The topological polar surface area (TPSA) is 79.0 Å². The lowest BCUT2D eigenvalue weighted by molar-refractivity contribution is -0.140. The summed E-state index contributed by atoms with van der Waals surface area (Å²) in [5, 5.41) is 3.42. The van der Waals surface area contributed by atoms with Crippen LogP contribution in [0.25, 0.3) is 0 Å². The van der Waals surface area contributed by atoms with Gasteiger partial charge >= 0.3 is 0 Å². The molecule has 2 aromatic rings. The Balaban J connectivity index is 1.23. The molecule has 2 aliphatic heterocycles. The Morgan fingerprint density at radius 1 is 1.09 bits per heavy atom. The SMILES string of the molecule is O=C(NCC(=O)N1CCOC(c2ccc(Cl)cc2)C1)C1c2ccccc2C(=O)N1C1CC1. The monoisotopic (exact) mass is 453 g/mol. The van der Waals surface area contributed by atoms with E-state index in [0.717, 1.165) is 18.4 Å². The molecule has 0 bridgehead atoms. The summed E-state index contributed by atoms with van der Waals surface area (Å²) in [6.45, 7) is 1.19. The van der Waals surface area contributed by atoms with Crippen LogP contribution in [-0.2, 0) is 14.3 Å². The molecule has 0 spiro atoms. The van der Waals surface area contributed by atoms with Crippen molar-refractivity contribution in [1.82, 2.24) is 15.1 Å². The van der Waals surface area contributed by atoms with E-state index in [1.165, 1.54) is 0 Å². The lowest BCUT2D eigenvalue weighted by atomic mass is 10.0. The zero-order valence-corrected chi connectivity index (χ0v) is 18.3. The van der Waals surface area contributed by atoms with Crippen molar-refractivity contribution in [2.24, 2.45) is 0 Å². The lowest BCUT2D eigenvalue weighted by Crippen LogP contribution is -2.48. The maximum Gasteiger partial charge on any atom is 0.255 e. The van der Waals surface area contributed by atoms with Crippen LogP contribution in [0.5, 0.6) is 0 Å². The van der Waals surface area contributed by atoms with Crippen LogP contribution < -0.4 is 5.32 Å². The molecule has 166 valence electrons. The number of hydrogen-bond acceptors (Lipinski definition) is 4. The first-order chi connectivity index (χ1) is 15.5. The Bertz CT molecular complexity index is 1050. The fraction of sp³-hybridized carbons (Fsp3) is 0.375. The molecule has 3 amide bonds. The van der Waals surface area contributed by atoms with Gasteiger partial charge < -0.3 is 19.9 Å². The van der Waals surface area contributed by atoms with Crippen LogP contribution in [0.3, 0.4) is 0 Å². The van der Waals surface area contributed by atoms with Crippen molar-refractivity contribution >= 4 is 29.3 Å². The molecule has 2 aromatic carbocycles. The van der Waals surface area contributed by atoms with Crippen LogP contribution in [0.4, 0.5) is 0 Å². The van der Waals surface area contributed by atoms with Gasteiger partial charge in [0.15, 0.2) is 0 Å². The number of hydrogen-bond donors (Lipinski definition) is 1. The highest BCUT2D eigenvalue weighted by atomic mass is 35.5. The quantitative estimate of drug-likeness (QED) is 0.755. The molecule has 2 unspecified atom stereocenters. The molecule has 0 aromatic heterocycles. The van der Waals surface area contributed by atoms with Crippen molar-refractivity contribution in [3.05, 3.63) is 70.2 Å². The van der Waals surface area contributed by atoms with Crippen LogP contribution in [0, 0.1) is 0 Å². The molecule has 2 fully saturated rings. The minimum atomic E-state index is -0.675. The first-order valence-corrected chi connectivity index (χ1v) is 11.2. The highest BCUT2D eigenvalue weighted by Gasteiger charge is 2.47. The molecular formula is C24H24ClN3O4. The normalized spacial score (nSPS) is 22.6. The van der Waals surface area contributed by atoms with Gasteiger partial charge in [-0.3, -0.25) is 14.4 Å². The van der Waals surface area contributed by atoms with E-state index in [9.17, 15) is 14.4 Å². The summed E-state index contributed by atoms with van der Waals surface area (Å²) >= 11 is 5.96. The van der Waals surface area contributed by atoms with Crippen LogP contribution in [0.15, 0.2) is 48.5 Å². The number of ether oxygens (including phenoxy) is 1. The number of fused-ring (bicyclic) bond motifs is 1. The Labute approximate surface area is 191 Å². The first kappa shape index (κ1) is 21.0. The second-order valence-electron chi connectivity index (χ2n) is 8.40. The highest BCUT2D eigenvalue weighted by Crippen LogP contribution is 2.41. The van der Waals surface area contributed by atoms with Crippen molar-refractivity contribution < 1.29 is 19.1 Å². The third-order valence-corrected chi connectivity index (χ3v) is 6.51. The number of amides is 3. The summed E-state index contributed by atoms with van der Waals surface area (Å²) in [4.78, 5) is 42.1. The third-order valence-electron chi connectivity index (χ3n) is 6.26. The molecule has 0 radical (unpaired) electrons. The largest absolute Gasteiger partial charge is 0.370 e. The van der Waals surface area contributed by atoms with E-state index in [0.29, 0.717) is 35.8 Å². The van der Waals surface area contributed by atoms with Crippen LogP contribution in [-0.4, -0.2) is 59.8 Å². The molecule has 32 heavy (non-hydrogen) atoms. The van der Waals surface area contributed by atoms with Gasteiger partial charge in [-0.05, 0) is 42.2 Å². The van der Waals surface area contributed by atoms with Gasteiger partial charge in [0.25, 0.3) is 5.91 Å². The summed E-state index contributed by atoms with van der Waals surface area (Å²) in [7, 11) is 0. The van der Waals surface area contributed by atoms with Gasteiger partial charge in [-0.1, -0.05) is 41.9 Å². The predicted octanol–water partition coefficient (Wildman–Crippen LogP) is 2.72. The molecule has 1 N–H and O–H groups in total. The van der Waals surface area contributed by atoms with E-state index in [2.05, 4.69) is 5.32 Å². The third kappa shape index (κ3) is 3.98. The standard InChI is InChI=1S/C24H24ClN3O4/c25-16-7-5-15(6-8-16)20-14-27(11-12-32-20)21(29)13-26-23(30)22-18-3-1-2-4-19(18)24(31)28(22)17-9-10-17/h1-8,17,20,22H,9-14H2,(H,26,30). The van der Waals surface area contributed by atoms with E-state index in [1.54, 1.807) is 34.1 Å². The van der Waals surface area contributed by atoms with Gasteiger partial charge in [0.1, 0.15) is 12.1 Å². The number of nitrogens with one attached hydrogen (secondary N) is 1. The second-order valence-corrected chi connectivity index (χ2v) is 8.84. The smallest absolute Gasteiger partial charge is 0.255 e. The van der Waals surface area contributed by atoms with Crippen LogP contribution >= 0.6 is 11.6 Å². The number of nitrogens with zero attached hydrogens (tertiary/aromatic N) is 2. The van der Waals surface area contributed by atoms with Gasteiger partial charge in [-0.15, -0.1) is 0 Å². The minimum absolute atomic E-state index is 0.0979. The predicted molar refractivity (Wildman–Crippen MR) is 118 cm³/mol. The van der Waals surface area contributed by atoms with E-state index in [1.807, 2.05) is 24.3 Å². The second kappa shape index (κ2) is 8.56. The summed E-state index contributed by atoms with van der Waals surface area (Å²) in [5.41, 5.74) is 2.24. The average molecular weight is 454 g/mol. The Kier molecular flexibility index (Phi) is 5.61. The van der Waals surface area contributed by atoms with Crippen LogP contribution in [0.2, 0.25) is 5.02 Å². The van der Waals surface area contributed by atoms with E-state index >= 15 is 0 Å². The number of carbonyl (C=O) groups is 3. The molecular weight excluding hydrogens is 430 g/mol. The van der Waals surface area contributed by atoms with Crippen LogP contribution in [0.1, 0.15) is 46.5 Å². The molecule has 1 aliphatic carbocycles. The van der Waals surface area contributed by atoms with Gasteiger partial charge in [0.05, 0.1) is 19.7 Å². The Morgan fingerprint density at radius 2 is 1.84 bits per heavy atom. The zero-order valence-electron chi connectivity index (χ0n) is 17.5. The van der Waals surface area contributed by atoms with Gasteiger partial charge in [0.2, 0.25) is 11.8 Å². The summed E-state index contributed by atoms with van der Waals surface area (Å²) in [5.74, 6) is -0.587. The van der Waals surface area contributed by atoms with Crippen molar-refractivity contribution in [1.29, 1.82) is 0 Å². The zero-order chi connectivity index (χ0) is 22.2. The molecule has 5 rings (SSSR count). The molecule has 3 aliphatic rings. The highest BCUT2D eigenvalue weighted by molar-refractivity contribution is 6.30. The van der Waals surface area contributed by atoms with E-state index < -0.39 is 6.04 Å². The maximum atomic E-state index is 13.1. The minimum Gasteiger partial charge on any atom is -0.370 e. The summed E-state index contributed by atoms with van der Waals surface area (Å²) in [6.07, 6.45) is 1.58. The van der Waals surface area contributed by atoms with E-state index in [4.69, 9.17) is 16.3 Å². The van der Waals surface area contributed by atoms with Gasteiger partial charge in [-0.2, -0.15) is 0 Å². The van der Waals surface area contributed by atoms with E-state index in [-0.39, 0.29) is 36.4 Å². The van der Waals surface area contributed by atoms with Crippen molar-refractivity contribution in [3.63, 3.8) is 0 Å². The fourth-order valence-electron chi connectivity index (χ4n) is 4.46. The fourth-order valence-corrected chi connectivity index (χ4v) is 4.59. The molecule has 2 atom stereocenters. The first-order valence-electron chi connectivity index (χ1n) is 10.9. The Hall–Kier alpha value is -2.90. The molecule has 1 saturated carbocycles.